The molecular formula is C19H22O5S. The van der Waals surface area contributed by atoms with Crippen molar-refractivity contribution in [3.63, 3.8) is 0 Å². The van der Waals surface area contributed by atoms with E-state index in [0.29, 0.717) is 19.6 Å². The maximum Gasteiger partial charge on any atom is 0.309 e. The average molecular weight is 362 g/mol. The molecule has 2 aromatic rings. The van der Waals surface area contributed by atoms with E-state index in [2.05, 4.69) is 4.74 Å². The topological polar surface area (TPSA) is 69.7 Å². The maximum absolute atomic E-state index is 12.3. The Bertz CT molecular complexity index is 767. The first kappa shape index (κ1) is 19.1. The molecule has 0 N–H and O–H groups in total. The van der Waals surface area contributed by atoms with Crippen LogP contribution in [0.4, 0.5) is 0 Å². The third-order valence-electron chi connectivity index (χ3n) is 3.67. The van der Waals surface area contributed by atoms with E-state index in [1.165, 1.54) is 19.2 Å². The molecule has 0 radical (unpaired) electrons. The van der Waals surface area contributed by atoms with Gasteiger partial charge in [-0.1, -0.05) is 42.5 Å². The zero-order chi connectivity index (χ0) is 18.1. The van der Waals surface area contributed by atoms with Gasteiger partial charge >= 0.3 is 5.97 Å². The molecule has 0 fully saturated rings. The summed E-state index contributed by atoms with van der Waals surface area (Å²) >= 11 is 0. The molecule has 0 aliphatic heterocycles. The van der Waals surface area contributed by atoms with Crippen LogP contribution in [0.25, 0.3) is 0 Å². The molecule has 2 aromatic carbocycles. The number of esters is 1. The fraction of sp³-hybridized carbons (Fsp3) is 0.316. The molecular weight excluding hydrogens is 340 g/mol. The van der Waals surface area contributed by atoms with Gasteiger partial charge in [0.25, 0.3) is 0 Å². The SMILES string of the molecule is COC(=O)Cc1ccc(S(=O)(=O)CCCOCc2ccccc2)cc1. The second-order valence-corrected chi connectivity index (χ2v) is 7.72. The van der Waals surface area contributed by atoms with Crippen LogP contribution in [0.3, 0.4) is 0 Å². The summed E-state index contributed by atoms with van der Waals surface area (Å²) in [6.45, 7) is 0.859. The van der Waals surface area contributed by atoms with Gasteiger partial charge in [0.1, 0.15) is 0 Å². The van der Waals surface area contributed by atoms with Crippen LogP contribution < -0.4 is 0 Å². The smallest absolute Gasteiger partial charge is 0.309 e. The molecule has 0 saturated heterocycles. The Morgan fingerprint density at radius 1 is 0.960 bits per heavy atom. The van der Waals surface area contributed by atoms with E-state index < -0.39 is 9.84 Å². The highest BCUT2D eigenvalue weighted by Crippen LogP contribution is 2.14. The van der Waals surface area contributed by atoms with Crippen LogP contribution in [0.15, 0.2) is 59.5 Å². The molecule has 25 heavy (non-hydrogen) atoms. The molecule has 0 heterocycles. The van der Waals surface area contributed by atoms with Gasteiger partial charge < -0.3 is 9.47 Å². The minimum atomic E-state index is -3.35. The molecule has 0 unspecified atom stereocenters. The van der Waals surface area contributed by atoms with Crippen molar-refractivity contribution in [1.82, 2.24) is 0 Å². The Hall–Kier alpha value is -2.18. The molecule has 0 atom stereocenters. The zero-order valence-corrected chi connectivity index (χ0v) is 15.0. The van der Waals surface area contributed by atoms with Crippen LogP contribution in [-0.4, -0.2) is 33.9 Å². The number of carbonyl (C=O) groups is 1. The van der Waals surface area contributed by atoms with Gasteiger partial charge in [-0.05, 0) is 29.7 Å². The molecule has 0 aliphatic carbocycles. The van der Waals surface area contributed by atoms with E-state index in [-0.39, 0.29) is 23.0 Å². The molecule has 0 spiro atoms. The third-order valence-corrected chi connectivity index (χ3v) is 5.49. The van der Waals surface area contributed by atoms with Crippen LogP contribution in [0.1, 0.15) is 17.5 Å². The third kappa shape index (κ3) is 6.32. The summed E-state index contributed by atoms with van der Waals surface area (Å²) in [5, 5.41) is 0. The summed E-state index contributed by atoms with van der Waals surface area (Å²) in [5.41, 5.74) is 1.78. The Morgan fingerprint density at radius 3 is 2.28 bits per heavy atom. The summed E-state index contributed by atoms with van der Waals surface area (Å²) in [6.07, 6.45) is 0.559. The first-order valence-corrected chi connectivity index (χ1v) is 9.66. The van der Waals surface area contributed by atoms with Crippen LogP contribution >= 0.6 is 0 Å². The quantitative estimate of drug-likeness (QED) is 0.507. The largest absolute Gasteiger partial charge is 0.469 e. The van der Waals surface area contributed by atoms with E-state index in [9.17, 15) is 13.2 Å². The van der Waals surface area contributed by atoms with Crippen LogP contribution in [0.2, 0.25) is 0 Å². The Labute approximate surface area is 148 Å². The highest BCUT2D eigenvalue weighted by molar-refractivity contribution is 7.91. The number of hydrogen-bond acceptors (Lipinski definition) is 5. The molecule has 5 nitrogen and oxygen atoms in total. The molecule has 0 aromatic heterocycles. The Balaban J connectivity index is 1.79. The summed E-state index contributed by atoms with van der Waals surface area (Å²) < 4.78 is 34.7. The van der Waals surface area contributed by atoms with Crippen molar-refractivity contribution < 1.29 is 22.7 Å². The minimum absolute atomic E-state index is 0.0259. The van der Waals surface area contributed by atoms with E-state index in [1.54, 1.807) is 12.1 Å². The lowest BCUT2D eigenvalue weighted by atomic mass is 10.2. The number of ether oxygens (including phenoxy) is 2. The highest BCUT2D eigenvalue weighted by Gasteiger charge is 2.14. The van der Waals surface area contributed by atoms with Gasteiger partial charge in [-0.25, -0.2) is 8.42 Å². The van der Waals surface area contributed by atoms with Crippen molar-refractivity contribution in [1.29, 1.82) is 0 Å². The Kier molecular flexibility index (Phi) is 7.16. The molecule has 2 rings (SSSR count). The highest BCUT2D eigenvalue weighted by atomic mass is 32.2. The van der Waals surface area contributed by atoms with Crippen molar-refractivity contribution in [3.05, 3.63) is 65.7 Å². The first-order valence-electron chi connectivity index (χ1n) is 8.01. The van der Waals surface area contributed by atoms with Crippen LogP contribution in [0, 0.1) is 0 Å². The van der Waals surface area contributed by atoms with E-state index in [1.807, 2.05) is 30.3 Å². The second-order valence-electron chi connectivity index (χ2n) is 5.61. The minimum Gasteiger partial charge on any atom is -0.469 e. The predicted molar refractivity (Wildman–Crippen MR) is 94.9 cm³/mol. The number of hydrogen-bond donors (Lipinski definition) is 0. The van der Waals surface area contributed by atoms with Crippen molar-refractivity contribution in [2.24, 2.45) is 0 Å². The number of methoxy groups -OCH3 is 1. The molecule has 0 aliphatic rings. The monoisotopic (exact) mass is 362 g/mol. The van der Waals surface area contributed by atoms with Gasteiger partial charge in [-0.3, -0.25) is 4.79 Å². The Morgan fingerprint density at radius 2 is 1.64 bits per heavy atom. The van der Waals surface area contributed by atoms with Gasteiger partial charge in [0.15, 0.2) is 9.84 Å². The number of sulfone groups is 1. The molecule has 0 amide bonds. The van der Waals surface area contributed by atoms with E-state index in [4.69, 9.17) is 4.74 Å². The van der Waals surface area contributed by atoms with Crippen molar-refractivity contribution in [2.45, 2.75) is 24.3 Å². The van der Waals surface area contributed by atoms with E-state index in [0.717, 1.165) is 11.1 Å². The fourth-order valence-electron chi connectivity index (χ4n) is 2.29. The van der Waals surface area contributed by atoms with Crippen molar-refractivity contribution in [2.75, 3.05) is 19.5 Å². The van der Waals surface area contributed by atoms with Gasteiger partial charge in [0, 0.05) is 6.61 Å². The normalized spacial score (nSPS) is 11.2. The van der Waals surface area contributed by atoms with Gasteiger partial charge in [-0.15, -0.1) is 0 Å². The number of rotatable bonds is 9. The second kappa shape index (κ2) is 9.34. The van der Waals surface area contributed by atoms with Crippen molar-refractivity contribution >= 4 is 15.8 Å². The number of carbonyl (C=O) groups excluding carboxylic acids is 1. The van der Waals surface area contributed by atoms with Crippen LogP contribution in [0.5, 0.6) is 0 Å². The lowest BCUT2D eigenvalue weighted by molar-refractivity contribution is -0.139. The summed E-state index contributed by atoms with van der Waals surface area (Å²) in [5.74, 6) is -0.329. The molecule has 0 saturated carbocycles. The van der Waals surface area contributed by atoms with Gasteiger partial charge in [0.05, 0.1) is 30.8 Å². The lowest BCUT2D eigenvalue weighted by Gasteiger charge is -2.07. The molecule has 6 heteroatoms. The van der Waals surface area contributed by atoms with Crippen molar-refractivity contribution in [3.8, 4) is 0 Å². The lowest BCUT2D eigenvalue weighted by Crippen LogP contribution is -2.10. The molecule has 0 bridgehead atoms. The van der Waals surface area contributed by atoms with Crippen LogP contribution in [-0.2, 0) is 37.1 Å². The van der Waals surface area contributed by atoms with Gasteiger partial charge in [0.2, 0.25) is 0 Å². The average Bonchev–Trinajstić information content (AvgIpc) is 2.62. The summed E-state index contributed by atoms with van der Waals surface area (Å²) in [4.78, 5) is 11.5. The number of benzene rings is 2. The fourth-order valence-corrected chi connectivity index (χ4v) is 3.57. The standard InChI is InChI=1S/C19H22O5S/c1-23-19(20)14-16-8-10-18(11-9-16)25(21,22)13-5-12-24-15-17-6-3-2-4-7-17/h2-4,6-11H,5,12-15H2,1H3. The molecule has 134 valence electrons. The first-order chi connectivity index (χ1) is 12.0. The zero-order valence-electron chi connectivity index (χ0n) is 14.2. The van der Waals surface area contributed by atoms with Gasteiger partial charge in [-0.2, -0.15) is 0 Å². The van der Waals surface area contributed by atoms with E-state index >= 15 is 0 Å². The summed E-state index contributed by atoms with van der Waals surface area (Å²) in [7, 11) is -2.03. The summed E-state index contributed by atoms with van der Waals surface area (Å²) in [6, 6.07) is 16.1. The predicted octanol–water partition coefficient (Wildman–Crippen LogP) is 2.78. The maximum atomic E-state index is 12.3.